The van der Waals surface area contributed by atoms with Crippen LogP contribution in [0.2, 0.25) is 0 Å². The average molecular weight is 394 g/mol. The van der Waals surface area contributed by atoms with E-state index >= 15 is 0 Å². The SMILES string of the molecule is Cc1cccc(N2CCN(c3ncc(C(=O)N4CCCC(C)C4)cn3)CC2)c1C. The maximum atomic E-state index is 12.7. The summed E-state index contributed by atoms with van der Waals surface area (Å²) in [6.45, 7) is 11.9. The minimum atomic E-state index is 0.0582. The van der Waals surface area contributed by atoms with Crippen LogP contribution in [-0.2, 0) is 0 Å². The van der Waals surface area contributed by atoms with E-state index < -0.39 is 0 Å². The van der Waals surface area contributed by atoms with E-state index in [2.05, 4.69) is 58.7 Å². The van der Waals surface area contributed by atoms with E-state index in [0.29, 0.717) is 17.4 Å². The first-order valence-corrected chi connectivity index (χ1v) is 10.7. The van der Waals surface area contributed by atoms with Gasteiger partial charge in [-0.2, -0.15) is 0 Å². The van der Waals surface area contributed by atoms with E-state index in [1.54, 1.807) is 12.4 Å². The Bertz CT molecular complexity index is 858. The number of nitrogens with zero attached hydrogens (tertiary/aromatic N) is 5. The molecule has 6 heteroatoms. The fourth-order valence-electron chi connectivity index (χ4n) is 4.38. The third kappa shape index (κ3) is 4.21. The average Bonchev–Trinajstić information content (AvgIpc) is 2.75. The maximum absolute atomic E-state index is 12.7. The van der Waals surface area contributed by atoms with Gasteiger partial charge < -0.3 is 14.7 Å². The molecule has 2 aliphatic heterocycles. The van der Waals surface area contributed by atoms with Gasteiger partial charge in [0.25, 0.3) is 5.91 Å². The molecule has 1 aromatic carbocycles. The summed E-state index contributed by atoms with van der Waals surface area (Å²) >= 11 is 0. The molecule has 0 saturated carbocycles. The van der Waals surface area contributed by atoms with Crippen LogP contribution < -0.4 is 9.80 Å². The molecule has 1 atom stereocenters. The largest absolute Gasteiger partial charge is 0.368 e. The zero-order valence-electron chi connectivity index (χ0n) is 17.8. The molecule has 2 aliphatic rings. The van der Waals surface area contributed by atoms with E-state index in [1.165, 1.54) is 23.2 Å². The Hall–Kier alpha value is -2.63. The number of likely N-dealkylation sites (tertiary alicyclic amines) is 1. The van der Waals surface area contributed by atoms with E-state index in [4.69, 9.17) is 0 Å². The molecule has 0 radical (unpaired) electrons. The first-order chi connectivity index (χ1) is 14.0. The molecular weight excluding hydrogens is 362 g/mol. The molecule has 29 heavy (non-hydrogen) atoms. The number of amides is 1. The Morgan fingerprint density at radius 3 is 2.38 bits per heavy atom. The summed E-state index contributed by atoms with van der Waals surface area (Å²) < 4.78 is 0. The Morgan fingerprint density at radius 1 is 1.00 bits per heavy atom. The number of piperazine rings is 1. The fourth-order valence-corrected chi connectivity index (χ4v) is 4.38. The highest BCUT2D eigenvalue weighted by Crippen LogP contribution is 2.24. The first kappa shape index (κ1) is 19.7. The van der Waals surface area contributed by atoms with Gasteiger partial charge in [0.2, 0.25) is 5.95 Å². The number of aryl methyl sites for hydroxylation is 1. The van der Waals surface area contributed by atoms with Gasteiger partial charge >= 0.3 is 0 Å². The summed E-state index contributed by atoms with van der Waals surface area (Å²) in [6.07, 6.45) is 5.67. The predicted octanol–water partition coefficient (Wildman–Crippen LogP) is 3.29. The van der Waals surface area contributed by atoms with Crippen LogP contribution in [-0.4, -0.2) is 60.0 Å². The summed E-state index contributed by atoms with van der Waals surface area (Å²) in [5, 5.41) is 0. The van der Waals surface area contributed by atoms with Crippen LogP contribution in [0.15, 0.2) is 30.6 Å². The molecule has 0 bridgehead atoms. The van der Waals surface area contributed by atoms with Crippen LogP contribution in [0, 0.1) is 19.8 Å². The van der Waals surface area contributed by atoms with Gasteiger partial charge in [0.15, 0.2) is 0 Å². The number of aromatic nitrogens is 2. The van der Waals surface area contributed by atoms with Crippen molar-refractivity contribution >= 4 is 17.5 Å². The third-order valence-corrected chi connectivity index (χ3v) is 6.31. The lowest BCUT2D eigenvalue weighted by Gasteiger charge is -2.37. The van der Waals surface area contributed by atoms with Crippen molar-refractivity contribution in [3.05, 3.63) is 47.3 Å². The van der Waals surface area contributed by atoms with Crippen LogP contribution in [0.3, 0.4) is 0 Å². The predicted molar refractivity (Wildman–Crippen MR) is 117 cm³/mol. The van der Waals surface area contributed by atoms with Gasteiger partial charge in [-0.1, -0.05) is 19.1 Å². The summed E-state index contributed by atoms with van der Waals surface area (Å²) in [4.78, 5) is 28.3. The monoisotopic (exact) mass is 393 g/mol. The Morgan fingerprint density at radius 2 is 1.69 bits per heavy atom. The van der Waals surface area contributed by atoms with Crippen LogP contribution in [0.4, 0.5) is 11.6 Å². The Balaban J connectivity index is 1.38. The van der Waals surface area contributed by atoms with Crippen molar-refractivity contribution in [1.29, 1.82) is 0 Å². The summed E-state index contributed by atoms with van der Waals surface area (Å²) in [5.41, 5.74) is 4.60. The lowest BCUT2D eigenvalue weighted by Crippen LogP contribution is -2.47. The van der Waals surface area contributed by atoms with Crippen LogP contribution in [0.25, 0.3) is 0 Å². The highest BCUT2D eigenvalue weighted by molar-refractivity contribution is 5.93. The normalized spacial score (nSPS) is 20.1. The van der Waals surface area contributed by atoms with Gasteiger partial charge in [-0.15, -0.1) is 0 Å². The molecule has 1 aromatic heterocycles. The number of piperidine rings is 1. The highest BCUT2D eigenvalue weighted by Gasteiger charge is 2.24. The minimum Gasteiger partial charge on any atom is -0.368 e. The minimum absolute atomic E-state index is 0.0582. The van der Waals surface area contributed by atoms with Gasteiger partial charge in [-0.05, 0) is 49.8 Å². The van der Waals surface area contributed by atoms with Crippen molar-refractivity contribution in [2.45, 2.75) is 33.6 Å². The molecule has 2 fully saturated rings. The van der Waals surface area contributed by atoms with Gasteiger partial charge in [0, 0.05) is 57.3 Å². The summed E-state index contributed by atoms with van der Waals surface area (Å²) in [6, 6.07) is 6.50. The van der Waals surface area contributed by atoms with Crippen molar-refractivity contribution in [2.24, 2.45) is 5.92 Å². The molecule has 0 N–H and O–H groups in total. The number of anilines is 2. The molecule has 0 spiro atoms. The van der Waals surface area contributed by atoms with Crippen molar-refractivity contribution in [2.75, 3.05) is 49.1 Å². The molecule has 1 unspecified atom stereocenters. The second-order valence-electron chi connectivity index (χ2n) is 8.46. The number of benzene rings is 1. The molecule has 2 aromatic rings. The molecule has 4 rings (SSSR count). The van der Waals surface area contributed by atoms with E-state index in [1.807, 2.05) is 4.90 Å². The standard InChI is InChI=1S/C23H31N5O/c1-17-6-5-9-28(16-17)22(29)20-14-24-23(25-15-20)27-12-10-26(11-13-27)21-8-4-7-18(2)19(21)3/h4,7-8,14-15,17H,5-6,9-13,16H2,1-3H3. The molecule has 6 nitrogen and oxygen atoms in total. The topological polar surface area (TPSA) is 52.6 Å². The van der Waals surface area contributed by atoms with E-state index in [0.717, 1.165) is 45.7 Å². The summed E-state index contributed by atoms with van der Waals surface area (Å²) in [7, 11) is 0. The number of carbonyl (C=O) groups excluding carboxylic acids is 1. The summed E-state index contributed by atoms with van der Waals surface area (Å²) in [5.74, 6) is 1.35. The van der Waals surface area contributed by atoms with Crippen molar-refractivity contribution < 1.29 is 4.79 Å². The second-order valence-corrected chi connectivity index (χ2v) is 8.46. The highest BCUT2D eigenvalue weighted by atomic mass is 16.2. The quantitative estimate of drug-likeness (QED) is 0.801. The van der Waals surface area contributed by atoms with Gasteiger partial charge in [-0.3, -0.25) is 4.79 Å². The van der Waals surface area contributed by atoms with Crippen LogP contribution >= 0.6 is 0 Å². The Kier molecular flexibility index (Phi) is 5.69. The number of hydrogen-bond acceptors (Lipinski definition) is 5. The molecule has 0 aliphatic carbocycles. The lowest BCUT2D eigenvalue weighted by molar-refractivity contribution is 0.0682. The van der Waals surface area contributed by atoms with Crippen LogP contribution in [0.1, 0.15) is 41.3 Å². The zero-order chi connectivity index (χ0) is 20.4. The molecular formula is C23H31N5O. The smallest absolute Gasteiger partial charge is 0.257 e. The molecule has 3 heterocycles. The molecule has 2 saturated heterocycles. The van der Waals surface area contributed by atoms with E-state index in [9.17, 15) is 4.79 Å². The van der Waals surface area contributed by atoms with Crippen molar-refractivity contribution in [3.8, 4) is 0 Å². The first-order valence-electron chi connectivity index (χ1n) is 10.7. The maximum Gasteiger partial charge on any atom is 0.257 e. The van der Waals surface area contributed by atoms with Gasteiger partial charge in [0.05, 0.1) is 5.56 Å². The molecule has 154 valence electrons. The molecule has 1 amide bonds. The van der Waals surface area contributed by atoms with Gasteiger partial charge in [-0.25, -0.2) is 9.97 Å². The van der Waals surface area contributed by atoms with Crippen LogP contribution in [0.5, 0.6) is 0 Å². The van der Waals surface area contributed by atoms with Gasteiger partial charge in [0.1, 0.15) is 0 Å². The second kappa shape index (κ2) is 8.39. The lowest BCUT2D eigenvalue weighted by atomic mass is 10.00. The number of hydrogen-bond donors (Lipinski definition) is 0. The third-order valence-electron chi connectivity index (χ3n) is 6.31. The van der Waals surface area contributed by atoms with E-state index in [-0.39, 0.29) is 5.91 Å². The Labute approximate surface area is 173 Å². The number of rotatable bonds is 3. The zero-order valence-corrected chi connectivity index (χ0v) is 17.8. The van der Waals surface area contributed by atoms with Crippen molar-refractivity contribution in [3.63, 3.8) is 0 Å². The fraction of sp³-hybridized carbons (Fsp3) is 0.522. The number of carbonyl (C=O) groups is 1. The van der Waals surface area contributed by atoms with Crippen molar-refractivity contribution in [1.82, 2.24) is 14.9 Å².